The molecule has 0 aliphatic rings. The second-order valence-electron chi connectivity index (χ2n) is 8.99. The van der Waals surface area contributed by atoms with Crippen LogP contribution < -0.4 is 4.74 Å². The minimum absolute atomic E-state index is 0.354. The molecule has 3 heterocycles. The number of benzene rings is 3. The molecule has 6 nitrogen and oxygen atoms in total. The lowest BCUT2D eigenvalue weighted by Crippen LogP contribution is -2.02. The first-order valence-electron chi connectivity index (χ1n) is 12.3. The summed E-state index contributed by atoms with van der Waals surface area (Å²) in [5, 5.41) is 11.0. The Bertz CT molecular complexity index is 1620. The van der Waals surface area contributed by atoms with Gasteiger partial charge in [-0.3, -0.25) is 4.98 Å². The van der Waals surface area contributed by atoms with Crippen molar-refractivity contribution < 1.29 is 4.74 Å². The molecule has 0 radical (unpaired) electrons. The Labute approximate surface area is 209 Å². The fourth-order valence-electron chi connectivity index (χ4n) is 4.84. The van der Waals surface area contributed by atoms with E-state index in [1.54, 1.807) is 4.68 Å². The molecule has 0 unspecified atom stereocenters. The Morgan fingerprint density at radius 3 is 2.50 bits per heavy atom. The molecule has 0 atom stereocenters. The summed E-state index contributed by atoms with van der Waals surface area (Å²) in [6, 6.07) is 29.1. The molecule has 0 aliphatic heterocycles. The van der Waals surface area contributed by atoms with E-state index >= 15 is 0 Å². The summed E-state index contributed by atoms with van der Waals surface area (Å²) < 4.78 is 10.3. The highest BCUT2D eigenvalue weighted by Crippen LogP contribution is 2.33. The van der Waals surface area contributed by atoms with Crippen LogP contribution in [-0.2, 0) is 19.6 Å². The van der Waals surface area contributed by atoms with E-state index in [0.717, 1.165) is 42.2 Å². The van der Waals surface area contributed by atoms with E-state index in [-0.39, 0.29) is 0 Å². The molecule has 0 N–H and O–H groups in total. The van der Waals surface area contributed by atoms with Gasteiger partial charge in [-0.25, -0.2) is 4.68 Å². The molecule has 0 fully saturated rings. The summed E-state index contributed by atoms with van der Waals surface area (Å²) in [5.41, 5.74) is 6.52. The fraction of sp³-hybridized carbons (Fsp3) is 0.167. The third-order valence-electron chi connectivity index (χ3n) is 6.57. The van der Waals surface area contributed by atoms with Gasteiger partial charge in [-0.05, 0) is 55.7 Å². The fourth-order valence-corrected chi connectivity index (χ4v) is 4.84. The molecule has 36 heavy (non-hydrogen) atoms. The van der Waals surface area contributed by atoms with Gasteiger partial charge in [0.15, 0.2) is 0 Å². The number of hydrogen-bond donors (Lipinski definition) is 0. The van der Waals surface area contributed by atoms with Crippen LogP contribution in [0.5, 0.6) is 5.75 Å². The van der Waals surface area contributed by atoms with Crippen LogP contribution in [0.2, 0.25) is 0 Å². The summed E-state index contributed by atoms with van der Waals surface area (Å²) in [7, 11) is 0. The van der Waals surface area contributed by atoms with Crippen LogP contribution in [0.4, 0.5) is 0 Å². The number of fused-ring (bicyclic) bond motifs is 3. The van der Waals surface area contributed by atoms with Crippen molar-refractivity contribution in [3.05, 3.63) is 114 Å². The SMILES string of the molecule is Cc1nccc2c3ccc(OCc4cn(-c5ccccc5)nn4)cc3n(CCCc3ccccc3)c12. The molecule has 0 amide bonds. The lowest BCUT2D eigenvalue weighted by atomic mass is 10.1. The van der Waals surface area contributed by atoms with Gasteiger partial charge in [0.2, 0.25) is 0 Å². The first kappa shape index (κ1) is 22.0. The van der Waals surface area contributed by atoms with E-state index < -0.39 is 0 Å². The molecule has 0 spiro atoms. The standard InChI is InChI=1S/C30H27N5O/c1-22-30-28(16-17-31-22)27-15-14-26(19-29(27)34(30)18-8-11-23-9-4-2-5-10-23)36-21-24-20-35(33-32-24)25-12-6-3-7-13-25/h2-7,9-10,12-17,19-20H,8,11,18,21H2,1H3. The van der Waals surface area contributed by atoms with E-state index in [4.69, 9.17) is 4.74 Å². The van der Waals surface area contributed by atoms with E-state index in [1.165, 1.54) is 27.4 Å². The zero-order chi connectivity index (χ0) is 24.3. The summed E-state index contributed by atoms with van der Waals surface area (Å²) in [4.78, 5) is 4.59. The molecule has 6 aromatic rings. The normalized spacial score (nSPS) is 11.4. The molecule has 178 valence electrons. The van der Waals surface area contributed by atoms with Crippen LogP contribution in [0.3, 0.4) is 0 Å². The minimum atomic E-state index is 0.354. The maximum atomic E-state index is 6.16. The third kappa shape index (κ3) is 4.33. The Balaban J connectivity index is 1.26. The van der Waals surface area contributed by atoms with Gasteiger partial charge < -0.3 is 9.30 Å². The quantitative estimate of drug-likeness (QED) is 0.261. The Kier molecular flexibility index (Phi) is 5.91. The average molecular weight is 474 g/mol. The zero-order valence-electron chi connectivity index (χ0n) is 20.2. The van der Waals surface area contributed by atoms with Gasteiger partial charge in [0.1, 0.15) is 18.1 Å². The number of para-hydroxylation sites is 1. The lowest BCUT2D eigenvalue weighted by Gasteiger charge is -2.10. The topological polar surface area (TPSA) is 57.8 Å². The average Bonchev–Trinajstić information content (AvgIpc) is 3.52. The van der Waals surface area contributed by atoms with Crippen molar-refractivity contribution in [3.8, 4) is 11.4 Å². The molecule has 0 saturated heterocycles. The van der Waals surface area contributed by atoms with Gasteiger partial charge in [0, 0.05) is 29.6 Å². The van der Waals surface area contributed by atoms with Gasteiger partial charge in [0.05, 0.1) is 28.6 Å². The number of aromatic nitrogens is 5. The largest absolute Gasteiger partial charge is 0.487 e. The van der Waals surface area contributed by atoms with Crippen molar-refractivity contribution in [2.24, 2.45) is 0 Å². The maximum Gasteiger partial charge on any atom is 0.134 e. The number of pyridine rings is 1. The van der Waals surface area contributed by atoms with Crippen molar-refractivity contribution in [2.45, 2.75) is 32.9 Å². The zero-order valence-corrected chi connectivity index (χ0v) is 20.2. The Morgan fingerprint density at radius 2 is 1.67 bits per heavy atom. The van der Waals surface area contributed by atoms with Crippen LogP contribution in [0.15, 0.2) is 97.3 Å². The molecule has 6 rings (SSSR count). The van der Waals surface area contributed by atoms with Gasteiger partial charge in [-0.1, -0.05) is 53.7 Å². The van der Waals surface area contributed by atoms with Crippen LogP contribution in [0.25, 0.3) is 27.5 Å². The third-order valence-corrected chi connectivity index (χ3v) is 6.57. The predicted octanol–water partition coefficient (Wildman–Crippen LogP) is 6.29. The second-order valence-corrected chi connectivity index (χ2v) is 8.99. The number of rotatable bonds is 8. The van der Waals surface area contributed by atoms with Gasteiger partial charge in [-0.2, -0.15) is 0 Å². The van der Waals surface area contributed by atoms with Crippen LogP contribution >= 0.6 is 0 Å². The highest BCUT2D eigenvalue weighted by molar-refractivity contribution is 6.09. The van der Waals surface area contributed by atoms with Crippen molar-refractivity contribution in [2.75, 3.05) is 0 Å². The first-order chi connectivity index (χ1) is 17.8. The molecule has 3 aromatic heterocycles. The summed E-state index contributed by atoms with van der Waals surface area (Å²) in [6.07, 6.45) is 5.88. The number of hydrogen-bond acceptors (Lipinski definition) is 4. The van der Waals surface area contributed by atoms with Gasteiger partial charge in [0.25, 0.3) is 0 Å². The van der Waals surface area contributed by atoms with Crippen LogP contribution in [-0.4, -0.2) is 24.5 Å². The number of nitrogens with zero attached hydrogens (tertiary/aromatic N) is 5. The monoisotopic (exact) mass is 473 g/mol. The molecule has 6 heteroatoms. The van der Waals surface area contributed by atoms with E-state index in [0.29, 0.717) is 6.61 Å². The molecule has 0 saturated carbocycles. The Hall–Kier alpha value is -4.45. The second kappa shape index (κ2) is 9.66. The van der Waals surface area contributed by atoms with E-state index in [1.807, 2.05) is 48.8 Å². The van der Waals surface area contributed by atoms with Crippen molar-refractivity contribution in [1.29, 1.82) is 0 Å². The summed E-state index contributed by atoms with van der Waals surface area (Å²) in [6.45, 7) is 3.35. The lowest BCUT2D eigenvalue weighted by molar-refractivity contribution is 0.301. The first-order valence-corrected chi connectivity index (χ1v) is 12.3. The minimum Gasteiger partial charge on any atom is -0.487 e. The smallest absolute Gasteiger partial charge is 0.134 e. The summed E-state index contributed by atoms with van der Waals surface area (Å²) >= 11 is 0. The predicted molar refractivity (Wildman–Crippen MR) is 142 cm³/mol. The molecule has 0 aliphatic carbocycles. The molecular weight excluding hydrogens is 446 g/mol. The van der Waals surface area contributed by atoms with Crippen molar-refractivity contribution >= 4 is 21.8 Å². The molecular formula is C30H27N5O. The van der Waals surface area contributed by atoms with Gasteiger partial charge >= 0.3 is 0 Å². The molecule has 0 bridgehead atoms. The van der Waals surface area contributed by atoms with Crippen molar-refractivity contribution in [1.82, 2.24) is 24.5 Å². The van der Waals surface area contributed by atoms with Gasteiger partial charge in [-0.15, -0.1) is 5.10 Å². The number of ether oxygens (including phenoxy) is 1. The van der Waals surface area contributed by atoms with Crippen LogP contribution in [0.1, 0.15) is 23.4 Å². The van der Waals surface area contributed by atoms with Crippen molar-refractivity contribution in [3.63, 3.8) is 0 Å². The maximum absolute atomic E-state index is 6.16. The highest BCUT2D eigenvalue weighted by atomic mass is 16.5. The van der Waals surface area contributed by atoms with E-state index in [2.05, 4.69) is 75.3 Å². The number of aryl methyl sites for hydroxylation is 3. The summed E-state index contributed by atoms with van der Waals surface area (Å²) in [5.74, 6) is 0.814. The van der Waals surface area contributed by atoms with E-state index in [9.17, 15) is 0 Å². The molecule has 3 aromatic carbocycles. The highest BCUT2D eigenvalue weighted by Gasteiger charge is 2.14. The Morgan fingerprint density at radius 1 is 0.861 bits per heavy atom. The van der Waals surface area contributed by atoms with Crippen LogP contribution in [0, 0.1) is 6.92 Å².